The minimum Gasteiger partial charge on any atom is -0.379 e. The molecule has 1 fully saturated rings. The van der Waals surface area contributed by atoms with Crippen LogP contribution in [0.3, 0.4) is 0 Å². The van der Waals surface area contributed by atoms with Crippen LogP contribution in [0, 0.1) is 5.92 Å². The first-order valence-corrected chi connectivity index (χ1v) is 5.22. The number of morpholine rings is 1. The zero-order chi connectivity index (χ0) is 9.68. The average molecular weight is 186 g/mol. The van der Waals surface area contributed by atoms with Gasteiger partial charge in [0.2, 0.25) is 0 Å². The van der Waals surface area contributed by atoms with Crippen LogP contribution < -0.4 is 5.32 Å². The molecule has 1 aliphatic rings. The maximum absolute atomic E-state index is 5.33. The van der Waals surface area contributed by atoms with E-state index in [2.05, 4.69) is 24.1 Å². The molecule has 0 aromatic rings. The second-order valence-corrected chi connectivity index (χ2v) is 3.92. The lowest BCUT2D eigenvalue weighted by atomic mass is 10.0. The van der Waals surface area contributed by atoms with E-state index in [-0.39, 0.29) is 0 Å². The zero-order valence-electron chi connectivity index (χ0n) is 9.05. The molecule has 2 atom stereocenters. The van der Waals surface area contributed by atoms with Crippen LogP contribution in [0.1, 0.15) is 13.8 Å². The molecule has 0 aliphatic carbocycles. The normalized spacial score (nSPS) is 24.2. The largest absolute Gasteiger partial charge is 0.379 e. The minimum atomic E-state index is 0.663. The summed E-state index contributed by atoms with van der Waals surface area (Å²) < 4.78 is 5.33. The molecule has 2 unspecified atom stereocenters. The Bertz CT molecular complexity index is 135. The van der Waals surface area contributed by atoms with Crippen LogP contribution in [0.25, 0.3) is 0 Å². The van der Waals surface area contributed by atoms with Gasteiger partial charge in [-0.1, -0.05) is 6.92 Å². The van der Waals surface area contributed by atoms with Gasteiger partial charge in [-0.3, -0.25) is 4.90 Å². The summed E-state index contributed by atoms with van der Waals surface area (Å²) in [6, 6.07) is 0.663. The molecular weight excluding hydrogens is 164 g/mol. The molecule has 1 saturated heterocycles. The standard InChI is InChI=1S/C10H22N2O/c1-9(8-11-3)10(2)12-4-6-13-7-5-12/h9-11H,4-8H2,1-3H3. The van der Waals surface area contributed by atoms with Crippen LogP contribution >= 0.6 is 0 Å². The van der Waals surface area contributed by atoms with Gasteiger partial charge in [0.05, 0.1) is 13.2 Å². The molecule has 0 aromatic heterocycles. The topological polar surface area (TPSA) is 24.5 Å². The fourth-order valence-corrected chi connectivity index (χ4v) is 1.84. The zero-order valence-corrected chi connectivity index (χ0v) is 9.05. The van der Waals surface area contributed by atoms with Crippen molar-refractivity contribution in [2.75, 3.05) is 39.9 Å². The third kappa shape index (κ3) is 3.25. The second kappa shape index (κ2) is 5.58. The Hall–Kier alpha value is -0.120. The molecule has 0 radical (unpaired) electrons. The van der Waals surface area contributed by atoms with Gasteiger partial charge in [0, 0.05) is 19.1 Å². The fourth-order valence-electron chi connectivity index (χ4n) is 1.84. The lowest BCUT2D eigenvalue weighted by molar-refractivity contribution is 0.00938. The summed E-state index contributed by atoms with van der Waals surface area (Å²) in [5, 5.41) is 3.23. The second-order valence-electron chi connectivity index (χ2n) is 3.92. The number of ether oxygens (including phenoxy) is 1. The van der Waals surface area contributed by atoms with Crippen molar-refractivity contribution in [1.29, 1.82) is 0 Å². The van der Waals surface area contributed by atoms with E-state index in [9.17, 15) is 0 Å². The van der Waals surface area contributed by atoms with Gasteiger partial charge in [-0.05, 0) is 26.4 Å². The van der Waals surface area contributed by atoms with Gasteiger partial charge in [-0.25, -0.2) is 0 Å². The van der Waals surface area contributed by atoms with E-state index in [0.29, 0.717) is 12.0 Å². The molecule has 3 heteroatoms. The molecule has 78 valence electrons. The number of rotatable bonds is 4. The van der Waals surface area contributed by atoms with E-state index in [1.54, 1.807) is 0 Å². The number of hydrogen-bond donors (Lipinski definition) is 1. The van der Waals surface area contributed by atoms with Gasteiger partial charge < -0.3 is 10.1 Å². The maximum atomic E-state index is 5.33. The van der Waals surface area contributed by atoms with Crippen LogP contribution in [0.15, 0.2) is 0 Å². The van der Waals surface area contributed by atoms with Crippen molar-refractivity contribution in [1.82, 2.24) is 10.2 Å². The number of nitrogens with zero attached hydrogens (tertiary/aromatic N) is 1. The van der Waals surface area contributed by atoms with Gasteiger partial charge in [0.25, 0.3) is 0 Å². The molecule has 1 aliphatic heterocycles. The van der Waals surface area contributed by atoms with Crippen LogP contribution in [0.5, 0.6) is 0 Å². The Labute approximate surface area is 81.4 Å². The van der Waals surface area contributed by atoms with Crippen molar-refractivity contribution in [3.63, 3.8) is 0 Å². The highest BCUT2D eigenvalue weighted by Gasteiger charge is 2.21. The molecule has 13 heavy (non-hydrogen) atoms. The first-order chi connectivity index (χ1) is 6.25. The van der Waals surface area contributed by atoms with E-state index in [1.165, 1.54) is 0 Å². The fraction of sp³-hybridized carbons (Fsp3) is 1.00. The summed E-state index contributed by atoms with van der Waals surface area (Å²) in [7, 11) is 2.02. The molecule has 0 amide bonds. The molecule has 0 aromatic carbocycles. The quantitative estimate of drug-likeness (QED) is 0.694. The lowest BCUT2D eigenvalue weighted by Gasteiger charge is -2.35. The summed E-state index contributed by atoms with van der Waals surface area (Å²) in [5.41, 5.74) is 0. The maximum Gasteiger partial charge on any atom is 0.0594 e. The SMILES string of the molecule is CNCC(C)C(C)N1CCOCC1. The lowest BCUT2D eigenvalue weighted by Crippen LogP contribution is -2.46. The van der Waals surface area contributed by atoms with E-state index in [0.717, 1.165) is 32.8 Å². The van der Waals surface area contributed by atoms with Crippen molar-refractivity contribution in [2.45, 2.75) is 19.9 Å². The molecule has 3 nitrogen and oxygen atoms in total. The monoisotopic (exact) mass is 186 g/mol. The van der Waals surface area contributed by atoms with Crippen molar-refractivity contribution in [3.05, 3.63) is 0 Å². The highest BCUT2D eigenvalue weighted by Crippen LogP contribution is 2.11. The number of hydrogen-bond acceptors (Lipinski definition) is 3. The Morgan fingerprint density at radius 2 is 1.92 bits per heavy atom. The van der Waals surface area contributed by atoms with Crippen molar-refractivity contribution < 1.29 is 4.74 Å². The average Bonchev–Trinajstić information content (AvgIpc) is 2.18. The first kappa shape index (κ1) is 11.0. The predicted octanol–water partition coefficient (Wildman–Crippen LogP) is 0.563. The molecule has 1 N–H and O–H groups in total. The van der Waals surface area contributed by atoms with E-state index < -0.39 is 0 Å². The summed E-state index contributed by atoms with van der Waals surface area (Å²) in [5.74, 6) is 0.711. The highest BCUT2D eigenvalue weighted by atomic mass is 16.5. The van der Waals surface area contributed by atoms with E-state index in [4.69, 9.17) is 4.74 Å². The van der Waals surface area contributed by atoms with Gasteiger partial charge in [0.15, 0.2) is 0 Å². The van der Waals surface area contributed by atoms with Gasteiger partial charge >= 0.3 is 0 Å². The molecule has 1 heterocycles. The predicted molar refractivity (Wildman–Crippen MR) is 54.9 cm³/mol. The van der Waals surface area contributed by atoms with Gasteiger partial charge in [-0.2, -0.15) is 0 Å². The van der Waals surface area contributed by atoms with Crippen LogP contribution in [-0.4, -0.2) is 50.8 Å². The van der Waals surface area contributed by atoms with Crippen molar-refractivity contribution in [2.24, 2.45) is 5.92 Å². The molecule has 1 rings (SSSR count). The molecule has 0 spiro atoms. The van der Waals surface area contributed by atoms with E-state index >= 15 is 0 Å². The third-order valence-electron chi connectivity index (χ3n) is 2.97. The third-order valence-corrected chi connectivity index (χ3v) is 2.97. The smallest absolute Gasteiger partial charge is 0.0594 e. The minimum absolute atomic E-state index is 0.663. The Kier molecular flexibility index (Phi) is 4.70. The summed E-state index contributed by atoms with van der Waals surface area (Å²) in [6.45, 7) is 9.69. The number of nitrogens with one attached hydrogen (secondary N) is 1. The van der Waals surface area contributed by atoms with Crippen LogP contribution in [0.4, 0.5) is 0 Å². The summed E-state index contributed by atoms with van der Waals surface area (Å²) >= 11 is 0. The Morgan fingerprint density at radius 3 is 2.46 bits per heavy atom. The molecule has 0 bridgehead atoms. The molecular formula is C10H22N2O. The Balaban J connectivity index is 2.31. The Morgan fingerprint density at radius 1 is 1.31 bits per heavy atom. The van der Waals surface area contributed by atoms with Gasteiger partial charge in [-0.15, -0.1) is 0 Å². The van der Waals surface area contributed by atoms with Crippen LogP contribution in [0.2, 0.25) is 0 Å². The van der Waals surface area contributed by atoms with Gasteiger partial charge in [0.1, 0.15) is 0 Å². The summed E-state index contributed by atoms with van der Waals surface area (Å²) in [6.07, 6.45) is 0. The molecule has 0 saturated carbocycles. The van der Waals surface area contributed by atoms with E-state index in [1.807, 2.05) is 7.05 Å². The summed E-state index contributed by atoms with van der Waals surface area (Å²) in [4.78, 5) is 2.52. The highest BCUT2D eigenvalue weighted by molar-refractivity contribution is 4.75. The first-order valence-electron chi connectivity index (χ1n) is 5.22. The van der Waals surface area contributed by atoms with Crippen molar-refractivity contribution in [3.8, 4) is 0 Å². The van der Waals surface area contributed by atoms with Crippen LogP contribution in [-0.2, 0) is 4.74 Å². The van der Waals surface area contributed by atoms with Crippen molar-refractivity contribution >= 4 is 0 Å².